The second kappa shape index (κ2) is 7.72. The number of urea groups is 1. The minimum absolute atomic E-state index is 0.0372. The van der Waals surface area contributed by atoms with Gasteiger partial charge < -0.3 is 21.5 Å². The van der Waals surface area contributed by atoms with Gasteiger partial charge in [0.15, 0.2) is 0 Å². The number of carboxylic acids is 1. The molecule has 3 amide bonds. The lowest BCUT2D eigenvalue weighted by molar-refractivity contribution is -0.138. The molecule has 2 atom stereocenters. The van der Waals surface area contributed by atoms with E-state index in [0.717, 1.165) is 0 Å². The number of primary amides is 1. The van der Waals surface area contributed by atoms with Crippen molar-refractivity contribution >= 4 is 17.9 Å². The van der Waals surface area contributed by atoms with Crippen LogP contribution in [0.4, 0.5) is 4.79 Å². The standard InChI is InChI=1S/C13H25N3O4/c1-5-8(2)10(15-12(14)20)11(19)16-13(3,4)7-6-9(17)18/h8,10H,5-7H2,1-4H3,(H,16,19)(H,17,18)(H3,14,15,20). The number of amides is 3. The maximum absolute atomic E-state index is 12.2. The van der Waals surface area contributed by atoms with E-state index in [0.29, 0.717) is 12.8 Å². The first-order valence-corrected chi connectivity index (χ1v) is 6.69. The maximum Gasteiger partial charge on any atom is 0.312 e. The van der Waals surface area contributed by atoms with E-state index in [4.69, 9.17) is 10.8 Å². The van der Waals surface area contributed by atoms with Crippen molar-refractivity contribution in [2.24, 2.45) is 11.7 Å². The van der Waals surface area contributed by atoms with Gasteiger partial charge in [-0.1, -0.05) is 20.3 Å². The van der Waals surface area contributed by atoms with Crippen LogP contribution in [-0.4, -0.2) is 34.6 Å². The summed E-state index contributed by atoms with van der Waals surface area (Å²) in [6.45, 7) is 7.23. The molecule has 0 aliphatic heterocycles. The predicted octanol–water partition coefficient (Wildman–Crippen LogP) is 0.829. The number of carboxylic acid groups (broad SMARTS) is 1. The van der Waals surface area contributed by atoms with Gasteiger partial charge in [-0.3, -0.25) is 9.59 Å². The summed E-state index contributed by atoms with van der Waals surface area (Å²) < 4.78 is 0. The molecule has 2 unspecified atom stereocenters. The van der Waals surface area contributed by atoms with Gasteiger partial charge in [0.2, 0.25) is 5.91 Å². The number of hydrogen-bond acceptors (Lipinski definition) is 3. The third-order valence-electron chi connectivity index (χ3n) is 3.22. The van der Waals surface area contributed by atoms with Gasteiger partial charge in [-0.05, 0) is 26.2 Å². The van der Waals surface area contributed by atoms with Gasteiger partial charge in [-0.15, -0.1) is 0 Å². The lowest BCUT2D eigenvalue weighted by atomic mass is 9.94. The normalized spacial score (nSPS) is 14.2. The van der Waals surface area contributed by atoms with Crippen LogP contribution in [0.3, 0.4) is 0 Å². The zero-order valence-corrected chi connectivity index (χ0v) is 12.5. The Hall–Kier alpha value is -1.79. The zero-order valence-electron chi connectivity index (χ0n) is 12.5. The van der Waals surface area contributed by atoms with Crippen LogP contribution >= 0.6 is 0 Å². The maximum atomic E-state index is 12.2. The Kier molecular flexibility index (Phi) is 7.02. The van der Waals surface area contributed by atoms with Gasteiger partial charge in [0.25, 0.3) is 0 Å². The van der Waals surface area contributed by atoms with Crippen LogP contribution in [0.25, 0.3) is 0 Å². The van der Waals surface area contributed by atoms with Gasteiger partial charge in [0.05, 0.1) is 0 Å². The number of carbonyl (C=O) groups excluding carboxylic acids is 2. The molecule has 0 rings (SSSR count). The van der Waals surface area contributed by atoms with Crippen molar-refractivity contribution in [1.29, 1.82) is 0 Å². The molecule has 0 aliphatic rings. The second-order valence-corrected chi connectivity index (χ2v) is 5.64. The molecule has 7 heteroatoms. The van der Waals surface area contributed by atoms with E-state index < -0.39 is 23.6 Å². The summed E-state index contributed by atoms with van der Waals surface area (Å²) in [6, 6.07) is -1.48. The Morgan fingerprint density at radius 2 is 1.85 bits per heavy atom. The molecular formula is C13H25N3O4. The van der Waals surface area contributed by atoms with Crippen LogP contribution in [0.15, 0.2) is 0 Å². The fourth-order valence-corrected chi connectivity index (χ4v) is 1.75. The van der Waals surface area contributed by atoms with Crippen molar-refractivity contribution in [2.45, 2.75) is 58.5 Å². The average Bonchev–Trinajstić information content (AvgIpc) is 2.31. The molecule has 20 heavy (non-hydrogen) atoms. The van der Waals surface area contributed by atoms with Crippen LogP contribution < -0.4 is 16.4 Å². The topological polar surface area (TPSA) is 122 Å². The number of nitrogens with one attached hydrogen (secondary N) is 2. The van der Waals surface area contributed by atoms with E-state index in [1.165, 1.54) is 0 Å². The molecule has 0 radical (unpaired) electrons. The van der Waals surface area contributed by atoms with E-state index in [9.17, 15) is 14.4 Å². The van der Waals surface area contributed by atoms with Gasteiger partial charge in [0.1, 0.15) is 6.04 Å². The first-order valence-electron chi connectivity index (χ1n) is 6.69. The minimum Gasteiger partial charge on any atom is -0.481 e. The third kappa shape index (κ3) is 6.96. The summed E-state index contributed by atoms with van der Waals surface area (Å²) in [5, 5.41) is 13.9. The van der Waals surface area contributed by atoms with Crippen molar-refractivity contribution in [1.82, 2.24) is 10.6 Å². The van der Waals surface area contributed by atoms with Crippen molar-refractivity contribution < 1.29 is 19.5 Å². The molecule has 5 N–H and O–H groups in total. The highest BCUT2D eigenvalue weighted by Gasteiger charge is 2.29. The third-order valence-corrected chi connectivity index (χ3v) is 3.22. The lowest BCUT2D eigenvalue weighted by Gasteiger charge is -2.30. The smallest absolute Gasteiger partial charge is 0.312 e. The predicted molar refractivity (Wildman–Crippen MR) is 75.1 cm³/mol. The van der Waals surface area contributed by atoms with Gasteiger partial charge in [-0.25, -0.2) is 4.79 Å². The first-order chi connectivity index (χ1) is 9.09. The number of carbonyl (C=O) groups is 3. The van der Waals surface area contributed by atoms with E-state index >= 15 is 0 Å². The molecule has 0 saturated heterocycles. The van der Waals surface area contributed by atoms with Crippen LogP contribution in [-0.2, 0) is 9.59 Å². The monoisotopic (exact) mass is 287 g/mol. The Morgan fingerprint density at radius 3 is 2.25 bits per heavy atom. The van der Waals surface area contributed by atoms with Gasteiger partial charge in [0, 0.05) is 12.0 Å². The highest BCUT2D eigenvalue weighted by atomic mass is 16.4. The van der Waals surface area contributed by atoms with Crippen molar-refractivity contribution in [2.75, 3.05) is 0 Å². The molecule has 7 nitrogen and oxygen atoms in total. The second-order valence-electron chi connectivity index (χ2n) is 5.64. The molecule has 116 valence electrons. The lowest BCUT2D eigenvalue weighted by Crippen LogP contribution is -2.56. The summed E-state index contributed by atoms with van der Waals surface area (Å²) in [7, 11) is 0. The molecule has 0 fully saturated rings. The number of hydrogen-bond donors (Lipinski definition) is 4. The van der Waals surface area contributed by atoms with Gasteiger partial charge in [-0.2, -0.15) is 0 Å². The summed E-state index contributed by atoms with van der Waals surface area (Å²) in [4.78, 5) is 33.8. The van der Waals surface area contributed by atoms with Crippen LogP contribution in [0.1, 0.15) is 47.0 Å². The number of nitrogens with two attached hydrogens (primary N) is 1. The highest BCUT2D eigenvalue weighted by Crippen LogP contribution is 2.14. The minimum atomic E-state index is -0.916. The molecule has 0 aromatic heterocycles. The number of rotatable bonds is 8. The first kappa shape index (κ1) is 18.2. The van der Waals surface area contributed by atoms with Crippen LogP contribution in [0.5, 0.6) is 0 Å². The Balaban J connectivity index is 4.73. The van der Waals surface area contributed by atoms with Crippen molar-refractivity contribution in [3.05, 3.63) is 0 Å². The number of aliphatic carboxylic acids is 1. The molecular weight excluding hydrogens is 262 g/mol. The highest BCUT2D eigenvalue weighted by molar-refractivity contribution is 5.87. The molecule has 0 saturated carbocycles. The molecule has 0 spiro atoms. The largest absolute Gasteiger partial charge is 0.481 e. The Bertz CT molecular complexity index is 369. The summed E-state index contributed by atoms with van der Waals surface area (Å²) in [5.74, 6) is -1.34. The molecule has 0 aliphatic carbocycles. The van der Waals surface area contributed by atoms with E-state index in [1.807, 2.05) is 13.8 Å². The zero-order chi connectivity index (χ0) is 15.9. The Labute approximate surface area is 119 Å². The van der Waals surface area contributed by atoms with E-state index in [1.54, 1.807) is 13.8 Å². The summed E-state index contributed by atoms with van der Waals surface area (Å²) >= 11 is 0. The van der Waals surface area contributed by atoms with Gasteiger partial charge >= 0.3 is 12.0 Å². The summed E-state index contributed by atoms with van der Waals surface area (Å²) in [5.41, 5.74) is 4.41. The fraction of sp³-hybridized carbons (Fsp3) is 0.769. The summed E-state index contributed by atoms with van der Waals surface area (Å²) in [6.07, 6.45) is 0.969. The van der Waals surface area contributed by atoms with Crippen LogP contribution in [0, 0.1) is 5.92 Å². The molecule has 0 aromatic rings. The van der Waals surface area contributed by atoms with Crippen molar-refractivity contribution in [3.63, 3.8) is 0 Å². The molecule has 0 aromatic carbocycles. The average molecular weight is 287 g/mol. The molecule has 0 heterocycles. The molecule has 0 bridgehead atoms. The SMILES string of the molecule is CCC(C)C(NC(N)=O)C(=O)NC(C)(C)CCC(=O)O. The van der Waals surface area contributed by atoms with Crippen molar-refractivity contribution in [3.8, 4) is 0 Å². The fourth-order valence-electron chi connectivity index (χ4n) is 1.75. The van der Waals surface area contributed by atoms with E-state index in [-0.39, 0.29) is 18.2 Å². The quantitative estimate of drug-likeness (QED) is 0.528. The Morgan fingerprint density at radius 1 is 1.30 bits per heavy atom. The van der Waals surface area contributed by atoms with Crippen LogP contribution in [0.2, 0.25) is 0 Å². The van der Waals surface area contributed by atoms with E-state index in [2.05, 4.69) is 10.6 Å².